The Kier molecular flexibility index (Phi) is 14.4. The van der Waals surface area contributed by atoms with Crippen molar-refractivity contribution < 1.29 is 39.0 Å². The van der Waals surface area contributed by atoms with Gasteiger partial charge in [-0.1, -0.05) is 0 Å². The van der Waals surface area contributed by atoms with Crippen LogP contribution in [0.5, 0.6) is 0 Å². The Balaban J connectivity index is 5.18. The summed E-state index contributed by atoms with van der Waals surface area (Å²) in [6.45, 7) is -0.860. The Bertz CT molecular complexity index is 722. The molecule has 0 aromatic heterocycles. The monoisotopic (exact) mass is 492 g/mol. The van der Waals surface area contributed by atoms with Gasteiger partial charge in [-0.3, -0.25) is 24.0 Å². The van der Waals surface area contributed by atoms with E-state index in [1.807, 2.05) is 0 Å². The molecule has 0 heterocycles. The van der Waals surface area contributed by atoms with Crippen molar-refractivity contribution in [2.75, 3.05) is 18.6 Å². The van der Waals surface area contributed by atoms with Gasteiger partial charge in [-0.2, -0.15) is 11.8 Å². The summed E-state index contributed by atoms with van der Waals surface area (Å²) in [6, 6.07) is -5.20. The summed E-state index contributed by atoms with van der Waals surface area (Å²) in [6.07, 6.45) is 1.21. The van der Waals surface area contributed by atoms with Gasteiger partial charge in [-0.25, -0.2) is 4.79 Å². The highest BCUT2D eigenvalue weighted by Gasteiger charge is 2.30. The smallest absolute Gasteiger partial charge is 0.326 e. The lowest BCUT2D eigenvalue weighted by atomic mass is 10.1. The minimum Gasteiger partial charge on any atom is -0.480 e. The highest BCUT2D eigenvalue weighted by Crippen LogP contribution is 2.04. The van der Waals surface area contributed by atoms with E-state index in [2.05, 4.69) is 16.0 Å². The van der Waals surface area contributed by atoms with Crippen LogP contribution in [0.4, 0.5) is 0 Å². The Labute approximate surface area is 194 Å². The lowest BCUT2D eigenvalue weighted by molar-refractivity contribution is -0.143. The van der Waals surface area contributed by atoms with Crippen molar-refractivity contribution in [2.24, 2.45) is 17.2 Å². The largest absolute Gasteiger partial charge is 0.480 e. The number of hydrogen-bond donors (Lipinski definition) is 8. The summed E-state index contributed by atoms with van der Waals surface area (Å²) >= 11 is 1.39. The van der Waals surface area contributed by atoms with Crippen LogP contribution in [-0.4, -0.2) is 88.5 Å². The van der Waals surface area contributed by atoms with E-state index in [0.717, 1.165) is 0 Å². The van der Waals surface area contributed by atoms with Gasteiger partial charge in [0.05, 0.1) is 12.6 Å². The third kappa shape index (κ3) is 12.6. The minimum atomic E-state index is -1.52. The zero-order valence-corrected chi connectivity index (χ0v) is 19.1. The summed E-state index contributed by atoms with van der Waals surface area (Å²) in [7, 11) is 0. The average Bonchev–Trinajstić information content (AvgIpc) is 2.74. The van der Waals surface area contributed by atoms with E-state index in [1.165, 1.54) is 11.8 Å². The molecule has 0 saturated heterocycles. The second kappa shape index (κ2) is 15.8. The lowest BCUT2D eigenvalue weighted by Crippen LogP contribution is -2.58. The first-order valence-electron chi connectivity index (χ1n) is 9.98. The number of carbonyl (C=O) groups is 6. The predicted octanol–water partition coefficient (Wildman–Crippen LogP) is -3.87. The number of carbonyl (C=O) groups excluding carboxylic acids is 5. The molecule has 0 fully saturated rings. The van der Waals surface area contributed by atoms with Gasteiger partial charge in [-0.05, 0) is 31.3 Å². The molecule has 11 N–H and O–H groups in total. The number of aliphatic carboxylic acids is 1. The van der Waals surface area contributed by atoms with E-state index in [9.17, 15) is 39.0 Å². The van der Waals surface area contributed by atoms with E-state index in [-0.39, 0.29) is 32.1 Å². The van der Waals surface area contributed by atoms with Crippen LogP contribution in [0.2, 0.25) is 0 Å². The fraction of sp³-hybridized carbons (Fsp3) is 0.667. The number of thioether (sulfide) groups is 1. The topological polar surface area (TPSA) is 257 Å². The first-order chi connectivity index (χ1) is 15.4. The van der Waals surface area contributed by atoms with E-state index in [1.54, 1.807) is 6.26 Å². The lowest BCUT2D eigenvalue weighted by Gasteiger charge is -2.24. The molecule has 0 saturated carbocycles. The van der Waals surface area contributed by atoms with Crippen LogP contribution in [0.1, 0.15) is 32.1 Å². The molecule has 188 valence electrons. The predicted molar refractivity (Wildman–Crippen MR) is 118 cm³/mol. The zero-order valence-electron chi connectivity index (χ0n) is 18.2. The number of aliphatic hydroxyl groups excluding tert-OH is 1. The Morgan fingerprint density at radius 3 is 1.76 bits per heavy atom. The Hall–Kier alpha value is -2.91. The average molecular weight is 493 g/mol. The summed E-state index contributed by atoms with van der Waals surface area (Å²) in [4.78, 5) is 70.3. The Morgan fingerprint density at radius 1 is 0.788 bits per heavy atom. The van der Waals surface area contributed by atoms with Crippen molar-refractivity contribution in [3.63, 3.8) is 0 Å². The van der Waals surface area contributed by atoms with Gasteiger partial charge in [0.15, 0.2) is 0 Å². The number of carboxylic acid groups (broad SMARTS) is 1. The first-order valence-corrected chi connectivity index (χ1v) is 11.4. The van der Waals surface area contributed by atoms with Crippen LogP contribution in [0.25, 0.3) is 0 Å². The van der Waals surface area contributed by atoms with Crippen molar-refractivity contribution in [3.8, 4) is 0 Å². The van der Waals surface area contributed by atoms with Crippen molar-refractivity contribution in [3.05, 3.63) is 0 Å². The molecule has 0 aromatic rings. The molecule has 0 radical (unpaired) electrons. The van der Waals surface area contributed by atoms with Gasteiger partial charge >= 0.3 is 5.97 Å². The number of rotatable bonds is 17. The summed E-state index contributed by atoms with van der Waals surface area (Å²) < 4.78 is 0. The number of amides is 5. The number of hydrogen-bond acceptors (Lipinski definition) is 9. The molecule has 0 aliphatic rings. The van der Waals surface area contributed by atoms with E-state index in [4.69, 9.17) is 17.2 Å². The summed E-state index contributed by atoms with van der Waals surface area (Å²) in [5.41, 5.74) is 15.7. The van der Waals surface area contributed by atoms with Crippen molar-refractivity contribution in [1.82, 2.24) is 16.0 Å². The van der Waals surface area contributed by atoms with E-state index < -0.39 is 66.3 Å². The molecule has 0 aliphatic carbocycles. The molecule has 15 heteroatoms. The second-order valence-corrected chi connectivity index (χ2v) is 8.09. The van der Waals surface area contributed by atoms with Crippen molar-refractivity contribution in [1.29, 1.82) is 0 Å². The van der Waals surface area contributed by atoms with Gasteiger partial charge in [-0.15, -0.1) is 0 Å². The molecule has 0 spiro atoms. The van der Waals surface area contributed by atoms with Gasteiger partial charge in [0.1, 0.15) is 18.1 Å². The quantitative estimate of drug-likeness (QED) is 0.0979. The van der Waals surface area contributed by atoms with Gasteiger partial charge in [0.2, 0.25) is 29.5 Å². The zero-order chi connectivity index (χ0) is 25.6. The van der Waals surface area contributed by atoms with Crippen LogP contribution < -0.4 is 33.2 Å². The molecule has 4 unspecified atom stereocenters. The van der Waals surface area contributed by atoms with E-state index >= 15 is 0 Å². The van der Waals surface area contributed by atoms with Gasteiger partial charge < -0.3 is 43.4 Å². The van der Waals surface area contributed by atoms with Crippen molar-refractivity contribution >= 4 is 47.3 Å². The van der Waals surface area contributed by atoms with E-state index in [0.29, 0.717) is 5.75 Å². The number of nitrogens with one attached hydrogen (secondary N) is 3. The molecule has 4 atom stereocenters. The van der Waals surface area contributed by atoms with Gasteiger partial charge in [0, 0.05) is 12.8 Å². The van der Waals surface area contributed by atoms with Crippen molar-refractivity contribution in [2.45, 2.75) is 56.3 Å². The first kappa shape index (κ1) is 30.1. The van der Waals surface area contributed by atoms with Crippen LogP contribution in [0.3, 0.4) is 0 Å². The third-order valence-electron chi connectivity index (χ3n) is 4.39. The third-order valence-corrected chi connectivity index (χ3v) is 5.04. The minimum absolute atomic E-state index is 0.0262. The fourth-order valence-corrected chi connectivity index (χ4v) is 2.97. The number of carboxylic acids is 1. The summed E-state index contributed by atoms with van der Waals surface area (Å²) in [5, 5.41) is 25.5. The molecule has 0 rings (SSSR count). The highest BCUT2D eigenvalue weighted by atomic mass is 32.2. The molecular formula is C18H32N6O8S. The molecule has 0 bridgehead atoms. The maximum atomic E-state index is 12.7. The summed E-state index contributed by atoms with van der Waals surface area (Å²) in [5.74, 6) is -4.89. The van der Waals surface area contributed by atoms with Crippen LogP contribution in [0, 0.1) is 0 Å². The van der Waals surface area contributed by atoms with Crippen LogP contribution >= 0.6 is 11.8 Å². The number of aliphatic hydroxyl groups is 1. The molecule has 0 aliphatic heterocycles. The molecular weight excluding hydrogens is 460 g/mol. The normalized spacial score (nSPS) is 14.3. The molecule has 14 nitrogen and oxygen atoms in total. The molecule has 0 aromatic carbocycles. The molecule has 33 heavy (non-hydrogen) atoms. The highest BCUT2D eigenvalue weighted by molar-refractivity contribution is 7.98. The standard InChI is InChI=1S/C18H32N6O8S/c1-33-7-6-10(22-15(28)9(19)2-4-13(20)26)16(29)24-12(8-25)17(30)23-11(18(31)32)3-5-14(21)27/h9-12,25H,2-8,19H2,1H3,(H2,20,26)(H2,21,27)(H,22,28)(H,23,30)(H,24,29)(H,31,32). The fourth-order valence-electron chi connectivity index (χ4n) is 2.49. The Morgan fingerprint density at radius 2 is 1.27 bits per heavy atom. The number of primary amides is 2. The second-order valence-electron chi connectivity index (χ2n) is 7.10. The van der Waals surface area contributed by atoms with Crippen LogP contribution in [0.15, 0.2) is 0 Å². The molecule has 5 amide bonds. The maximum Gasteiger partial charge on any atom is 0.326 e. The maximum absolute atomic E-state index is 12.7. The number of nitrogens with two attached hydrogens (primary N) is 3. The van der Waals surface area contributed by atoms with Gasteiger partial charge in [0.25, 0.3) is 0 Å². The van der Waals surface area contributed by atoms with Crippen LogP contribution in [-0.2, 0) is 28.8 Å². The SMILES string of the molecule is CSCCC(NC(=O)C(N)CCC(N)=O)C(=O)NC(CO)C(=O)NC(CCC(N)=O)C(=O)O.